The average molecular weight is 587 g/mol. The Morgan fingerprint density at radius 3 is 2.15 bits per heavy atom. The van der Waals surface area contributed by atoms with Gasteiger partial charge in [0.05, 0.1) is 20.0 Å². The zero-order chi connectivity index (χ0) is 29.2. The van der Waals surface area contributed by atoms with Crippen LogP contribution in [0.2, 0.25) is 5.02 Å². The van der Waals surface area contributed by atoms with Gasteiger partial charge >= 0.3 is 0 Å². The number of amides is 2. The highest BCUT2D eigenvalue weighted by Gasteiger charge is 2.16. The molecule has 4 aromatic carbocycles. The third kappa shape index (κ3) is 8.23. The van der Waals surface area contributed by atoms with Crippen LogP contribution in [0.5, 0.6) is 11.5 Å². The minimum atomic E-state index is -0.512. The summed E-state index contributed by atoms with van der Waals surface area (Å²) < 4.78 is 10.7. The SMILES string of the molecule is COc1ccc(/C=C(\NC(=O)c2ccccc2)C(=O)Nc2ccc(SCC(=O)c3ccc(Cl)cc3)cc2)cc1OC. The van der Waals surface area contributed by atoms with Gasteiger partial charge in [-0.15, -0.1) is 11.8 Å². The summed E-state index contributed by atoms with van der Waals surface area (Å²) in [6.07, 6.45) is 1.56. The Morgan fingerprint density at radius 2 is 1.49 bits per heavy atom. The van der Waals surface area contributed by atoms with E-state index in [1.165, 1.54) is 26.0 Å². The number of hydrogen-bond acceptors (Lipinski definition) is 6. The van der Waals surface area contributed by atoms with Crippen molar-refractivity contribution in [2.75, 3.05) is 25.3 Å². The third-order valence-electron chi connectivity index (χ3n) is 5.90. The van der Waals surface area contributed by atoms with Gasteiger partial charge in [-0.3, -0.25) is 14.4 Å². The van der Waals surface area contributed by atoms with Crippen molar-refractivity contribution in [2.24, 2.45) is 0 Å². The van der Waals surface area contributed by atoms with Crippen LogP contribution in [0.4, 0.5) is 5.69 Å². The number of carbonyl (C=O) groups excluding carboxylic acids is 3. The minimum absolute atomic E-state index is 0.0110. The number of halogens is 1. The van der Waals surface area contributed by atoms with Gasteiger partial charge in [0.25, 0.3) is 11.8 Å². The molecule has 7 nitrogen and oxygen atoms in total. The maximum atomic E-state index is 13.3. The lowest BCUT2D eigenvalue weighted by atomic mass is 10.1. The number of ether oxygens (including phenoxy) is 2. The van der Waals surface area contributed by atoms with Gasteiger partial charge in [0.2, 0.25) is 0 Å². The van der Waals surface area contributed by atoms with Gasteiger partial charge in [-0.2, -0.15) is 0 Å². The fourth-order valence-electron chi connectivity index (χ4n) is 3.75. The molecule has 0 saturated heterocycles. The number of nitrogens with one attached hydrogen (secondary N) is 2. The van der Waals surface area contributed by atoms with Crippen LogP contribution >= 0.6 is 23.4 Å². The molecule has 0 aliphatic heterocycles. The summed E-state index contributed by atoms with van der Waals surface area (Å²) in [4.78, 5) is 39.6. The van der Waals surface area contributed by atoms with E-state index in [0.29, 0.717) is 38.9 Å². The fourth-order valence-corrected chi connectivity index (χ4v) is 4.67. The van der Waals surface area contributed by atoms with Crippen molar-refractivity contribution < 1.29 is 23.9 Å². The minimum Gasteiger partial charge on any atom is -0.493 e. The van der Waals surface area contributed by atoms with Gasteiger partial charge in [-0.25, -0.2) is 0 Å². The molecule has 208 valence electrons. The van der Waals surface area contributed by atoms with Crippen molar-refractivity contribution >= 4 is 52.7 Å². The zero-order valence-corrected chi connectivity index (χ0v) is 23.9. The molecule has 0 bridgehead atoms. The molecule has 2 amide bonds. The lowest BCUT2D eigenvalue weighted by molar-refractivity contribution is -0.113. The Morgan fingerprint density at radius 1 is 0.805 bits per heavy atom. The second-order valence-corrected chi connectivity index (χ2v) is 10.2. The van der Waals surface area contributed by atoms with Crippen LogP contribution in [0.1, 0.15) is 26.3 Å². The van der Waals surface area contributed by atoms with E-state index in [9.17, 15) is 14.4 Å². The van der Waals surface area contributed by atoms with E-state index in [0.717, 1.165) is 4.90 Å². The molecular weight excluding hydrogens is 560 g/mol. The predicted molar refractivity (Wildman–Crippen MR) is 163 cm³/mol. The average Bonchev–Trinajstić information content (AvgIpc) is 3.00. The Kier molecular flexibility index (Phi) is 10.2. The van der Waals surface area contributed by atoms with E-state index in [-0.39, 0.29) is 17.2 Å². The predicted octanol–water partition coefficient (Wildman–Crippen LogP) is 6.74. The van der Waals surface area contributed by atoms with E-state index in [1.807, 2.05) is 12.1 Å². The molecule has 0 radical (unpaired) electrons. The van der Waals surface area contributed by atoms with Crippen molar-refractivity contribution in [1.82, 2.24) is 5.32 Å². The second-order valence-electron chi connectivity index (χ2n) is 8.69. The molecule has 0 heterocycles. The van der Waals surface area contributed by atoms with Crippen LogP contribution in [0, 0.1) is 0 Å². The van der Waals surface area contributed by atoms with Gasteiger partial charge in [-0.1, -0.05) is 35.9 Å². The van der Waals surface area contributed by atoms with Gasteiger partial charge in [0.15, 0.2) is 17.3 Å². The van der Waals surface area contributed by atoms with Gasteiger partial charge < -0.3 is 20.1 Å². The van der Waals surface area contributed by atoms with Gasteiger partial charge in [0.1, 0.15) is 5.70 Å². The smallest absolute Gasteiger partial charge is 0.272 e. The molecule has 0 aromatic heterocycles. The largest absolute Gasteiger partial charge is 0.493 e. The molecule has 4 rings (SSSR count). The highest BCUT2D eigenvalue weighted by Crippen LogP contribution is 2.28. The molecule has 0 saturated carbocycles. The normalized spacial score (nSPS) is 11.0. The van der Waals surface area contributed by atoms with E-state index in [1.54, 1.807) is 91.0 Å². The Balaban J connectivity index is 1.48. The fraction of sp³-hybridized carbons (Fsp3) is 0.0938. The Labute approximate surface area is 247 Å². The zero-order valence-electron chi connectivity index (χ0n) is 22.3. The molecule has 2 N–H and O–H groups in total. The first-order chi connectivity index (χ1) is 19.9. The van der Waals surface area contributed by atoms with Crippen LogP contribution in [0.25, 0.3) is 6.08 Å². The number of rotatable bonds is 11. The first-order valence-corrected chi connectivity index (χ1v) is 13.9. The lowest BCUT2D eigenvalue weighted by Crippen LogP contribution is -2.30. The summed E-state index contributed by atoms with van der Waals surface area (Å²) in [6, 6.07) is 27.7. The van der Waals surface area contributed by atoms with Crippen molar-refractivity contribution in [2.45, 2.75) is 4.90 Å². The van der Waals surface area contributed by atoms with Crippen LogP contribution < -0.4 is 20.1 Å². The number of Topliss-reactive ketones (excluding diaryl/α,β-unsaturated/α-hetero) is 1. The molecule has 0 spiro atoms. The van der Waals surface area contributed by atoms with Gasteiger partial charge in [0, 0.05) is 26.7 Å². The first kappa shape index (κ1) is 29.5. The molecule has 41 heavy (non-hydrogen) atoms. The number of methoxy groups -OCH3 is 2. The summed E-state index contributed by atoms with van der Waals surface area (Å²) in [5.74, 6) is 0.335. The summed E-state index contributed by atoms with van der Waals surface area (Å²) >= 11 is 7.29. The summed E-state index contributed by atoms with van der Waals surface area (Å²) in [7, 11) is 3.05. The summed E-state index contributed by atoms with van der Waals surface area (Å²) in [6.45, 7) is 0. The highest BCUT2D eigenvalue weighted by molar-refractivity contribution is 8.00. The first-order valence-electron chi connectivity index (χ1n) is 12.5. The number of ketones is 1. The van der Waals surface area contributed by atoms with E-state index in [4.69, 9.17) is 21.1 Å². The van der Waals surface area contributed by atoms with Crippen LogP contribution in [-0.2, 0) is 4.79 Å². The summed E-state index contributed by atoms with van der Waals surface area (Å²) in [5.41, 5.74) is 2.19. The second kappa shape index (κ2) is 14.2. The maximum absolute atomic E-state index is 13.3. The van der Waals surface area contributed by atoms with Crippen molar-refractivity contribution in [3.63, 3.8) is 0 Å². The maximum Gasteiger partial charge on any atom is 0.272 e. The number of benzene rings is 4. The Bertz CT molecular complexity index is 1560. The van der Waals surface area contributed by atoms with Crippen LogP contribution in [-0.4, -0.2) is 37.6 Å². The molecule has 0 unspecified atom stereocenters. The van der Waals surface area contributed by atoms with Crippen molar-refractivity contribution in [3.05, 3.63) is 124 Å². The highest BCUT2D eigenvalue weighted by atomic mass is 35.5. The third-order valence-corrected chi connectivity index (χ3v) is 7.16. The number of hydrogen-bond donors (Lipinski definition) is 2. The number of thioether (sulfide) groups is 1. The van der Waals surface area contributed by atoms with E-state index in [2.05, 4.69) is 10.6 Å². The molecular formula is C32H27ClN2O5S. The molecule has 4 aromatic rings. The molecule has 0 aliphatic carbocycles. The lowest BCUT2D eigenvalue weighted by Gasteiger charge is -2.13. The van der Waals surface area contributed by atoms with Crippen LogP contribution in [0.15, 0.2) is 108 Å². The van der Waals surface area contributed by atoms with Crippen LogP contribution in [0.3, 0.4) is 0 Å². The molecule has 0 atom stereocenters. The standard InChI is InChI=1S/C32H27ClN2O5S/c1-39-29-17-8-21(19-30(29)40-2)18-27(35-31(37)23-6-4-3-5-7-23)32(38)34-25-13-15-26(16-14-25)41-20-28(36)22-9-11-24(33)12-10-22/h3-19H,20H2,1-2H3,(H,34,38)(H,35,37)/b27-18-. The molecule has 0 aliphatic rings. The quantitative estimate of drug-likeness (QED) is 0.115. The van der Waals surface area contributed by atoms with Crippen molar-refractivity contribution in [1.29, 1.82) is 0 Å². The topological polar surface area (TPSA) is 93.7 Å². The van der Waals surface area contributed by atoms with E-state index >= 15 is 0 Å². The molecule has 0 fully saturated rings. The number of anilines is 1. The summed E-state index contributed by atoms with van der Waals surface area (Å²) in [5, 5.41) is 6.12. The van der Waals surface area contributed by atoms with Crippen molar-refractivity contribution in [3.8, 4) is 11.5 Å². The monoisotopic (exact) mass is 586 g/mol. The number of carbonyl (C=O) groups is 3. The molecule has 9 heteroatoms. The van der Waals surface area contributed by atoms with Gasteiger partial charge in [-0.05, 0) is 84.4 Å². The van der Waals surface area contributed by atoms with E-state index < -0.39 is 11.8 Å². The Hall–Kier alpha value is -4.53.